The molecule has 0 saturated carbocycles. The van der Waals surface area contributed by atoms with Gasteiger partial charge in [0, 0.05) is 37.2 Å². The van der Waals surface area contributed by atoms with Crippen LogP contribution in [0.3, 0.4) is 0 Å². The number of likely N-dealkylation sites (tertiary alicyclic amines) is 1. The maximum absolute atomic E-state index is 12.3. The third-order valence-corrected chi connectivity index (χ3v) is 4.13. The zero-order chi connectivity index (χ0) is 17.2. The van der Waals surface area contributed by atoms with Gasteiger partial charge in [0.2, 0.25) is 5.91 Å². The van der Waals surface area contributed by atoms with Crippen LogP contribution >= 0.6 is 0 Å². The van der Waals surface area contributed by atoms with Crippen LogP contribution in [0.4, 0.5) is 5.69 Å². The molecule has 0 unspecified atom stereocenters. The number of carbonyl (C=O) groups is 2. The minimum Gasteiger partial charge on any atom is -0.486 e. The first-order chi connectivity index (χ1) is 12.2. The summed E-state index contributed by atoms with van der Waals surface area (Å²) in [7, 11) is 0. The second-order valence-electron chi connectivity index (χ2n) is 5.85. The molecule has 8 nitrogen and oxygen atoms in total. The Labute approximate surface area is 143 Å². The minimum atomic E-state index is -0.242. The van der Waals surface area contributed by atoms with Crippen molar-refractivity contribution in [1.29, 1.82) is 0 Å². The Kier molecular flexibility index (Phi) is 3.93. The number of amides is 2. The number of carbonyl (C=O) groups excluding carboxylic acids is 2. The SMILES string of the molecule is O=C(Nc1ccc2c(c1)OCCO2)C1CN(C(=O)c2cnccn2)C1. The minimum absolute atomic E-state index is 0.125. The summed E-state index contributed by atoms with van der Waals surface area (Å²) in [4.78, 5) is 33.9. The van der Waals surface area contributed by atoms with Crippen LogP contribution in [0.25, 0.3) is 0 Å². The van der Waals surface area contributed by atoms with Gasteiger partial charge in [0.1, 0.15) is 18.9 Å². The van der Waals surface area contributed by atoms with Gasteiger partial charge in [-0.25, -0.2) is 4.98 Å². The molecule has 2 aliphatic heterocycles. The molecular formula is C17H16N4O4. The molecule has 1 aromatic heterocycles. The monoisotopic (exact) mass is 340 g/mol. The maximum Gasteiger partial charge on any atom is 0.274 e. The second kappa shape index (κ2) is 6.39. The predicted molar refractivity (Wildman–Crippen MR) is 87.5 cm³/mol. The number of rotatable bonds is 3. The molecular weight excluding hydrogens is 324 g/mol. The van der Waals surface area contributed by atoms with E-state index in [0.717, 1.165) is 0 Å². The first kappa shape index (κ1) is 15.4. The van der Waals surface area contributed by atoms with Crippen molar-refractivity contribution in [2.75, 3.05) is 31.6 Å². The van der Waals surface area contributed by atoms with E-state index >= 15 is 0 Å². The van der Waals surface area contributed by atoms with E-state index in [0.29, 0.717) is 43.5 Å². The van der Waals surface area contributed by atoms with Crippen LogP contribution in [0.5, 0.6) is 11.5 Å². The number of benzene rings is 1. The Bertz CT molecular complexity index is 806. The van der Waals surface area contributed by atoms with Crippen LogP contribution in [0.15, 0.2) is 36.8 Å². The molecule has 0 spiro atoms. The maximum atomic E-state index is 12.3. The molecule has 3 heterocycles. The van der Waals surface area contributed by atoms with Crippen LogP contribution in [0.1, 0.15) is 10.5 Å². The number of nitrogens with one attached hydrogen (secondary N) is 1. The summed E-state index contributed by atoms with van der Waals surface area (Å²) in [6, 6.07) is 5.29. The lowest BCUT2D eigenvalue weighted by Gasteiger charge is -2.37. The number of nitrogens with zero attached hydrogens (tertiary/aromatic N) is 3. The van der Waals surface area contributed by atoms with Crippen molar-refractivity contribution >= 4 is 17.5 Å². The Morgan fingerprint density at radius 1 is 1.12 bits per heavy atom. The van der Waals surface area contributed by atoms with Gasteiger partial charge in [0.15, 0.2) is 11.5 Å². The highest BCUT2D eigenvalue weighted by Gasteiger charge is 2.36. The molecule has 0 bridgehead atoms. The smallest absolute Gasteiger partial charge is 0.274 e. The first-order valence-electron chi connectivity index (χ1n) is 7.96. The van der Waals surface area contributed by atoms with Crippen LogP contribution < -0.4 is 14.8 Å². The van der Waals surface area contributed by atoms with Gasteiger partial charge in [-0.05, 0) is 12.1 Å². The molecule has 2 aromatic rings. The van der Waals surface area contributed by atoms with Crippen molar-refractivity contribution in [2.24, 2.45) is 5.92 Å². The lowest BCUT2D eigenvalue weighted by molar-refractivity contribution is -0.123. The van der Waals surface area contributed by atoms with Gasteiger partial charge in [-0.2, -0.15) is 0 Å². The van der Waals surface area contributed by atoms with E-state index in [-0.39, 0.29) is 23.4 Å². The topological polar surface area (TPSA) is 93.7 Å². The Balaban J connectivity index is 1.34. The fourth-order valence-electron chi connectivity index (χ4n) is 2.75. The lowest BCUT2D eigenvalue weighted by Crippen LogP contribution is -2.54. The van der Waals surface area contributed by atoms with Crippen molar-refractivity contribution in [3.8, 4) is 11.5 Å². The summed E-state index contributed by atoms with van der Waals surface area (Å²) in [5.74, 6) is 0.718. The normalized spacial score (nSPS) is 16.1. The zero-order valence-corrected chi connectivity index (χ0v) is 13.3. The van der Waals surface area contributed by atoms with Gasteiger partial charge in [0.25, 0.3) is 5.91 Å². The molecule has 1 saturated heterocycles. The molecule has 2 amide bonds. The van der Waals surface area contributed by atoms with E-state index in [1.54, 1.807) is 23.1 Å². The Hall–Kier alpha value is -3.16. The third kappa shape index (κ3) is 3.10. The Morgan fingerprint density at radius 2 is 1.92 bits per heavy atom. The summed E-state index contributed by atoms with van der Waals surface area (Å²) in [5.41, 5.74) is 0.932. The van der Waals surface area contributed by atoms with Crippen LogP contribution in [0, 0.1) is 5.92 Å². The summed E-state index contributed by atoms with van der Waals surface area (Å²) < 4.78 is 11.0. The fourth-order valence-corrected chi connectivity index (χ4v) is 2.75. The van der Waals surface area contributed by atoms with Gasteiger partial charge in [0.05, 0.1) is 12.1 Å². The summed E-state index contributed by atoms with van der Waals surface area (Å²) in [5, 5.41) is 2.85. The fraction of sp³-hybridized carbons (Fsp3) is 0.294. The second-order valence-corrected chi connectivity index (χ2v) is 5.85. The van der Waals surface area contributed by atoms with Gasteiger partial charge in [-0.1, -0.05) is 0 Å². The third-order valence-electron chi connectivity index (χ3n) is 4.13. The van der Waals surface area contributed by atoms with E-state index < -0.39 is 0 Å². The van der Waals surface area contributed by atoms with Crippen molar-refractivity contribution in [3.05, 3.63) is 42.5 Å². The number of aromatic nitrogens is 2. The van der Waals surface area contributed by atoms with Crippen molar-refractivity contribution < 1.29 is 19.1 Å². The van der Waals surface area contributed by atoms with Crippen LogP contribution in [-0.2, 0) is 4.79 Å². The van der Waals surface area contributed by atoms with E-state index in [9.17, 15) is 9.59 Å². The average molecular weight is 340 g/mol. The van der Waals surface area contributed by atoms with Crippen LogP contribution in [0.2, 0.25) is 0 Å². The molecule has 0 radical (unpaired) electrons. The average Bonchev–Trinajstić information content (AvgIpc) is 2.61. The highest BCUT2D eigenvalue weighted by molar-refractivity contribution is 5.97. The lowest BCUT2D eigenvalue weighted by atomic mass is 9.98. The van der Waals surface area contributed by atoms with Crippen molar-refractivity contribution in [1.82, 2.24) is 14.9 Å². The van der Waals surface area contributed by atoms with Crippen molar-refractivity contribution in [3.63, 3.8) is 0 Å². The van der Waals surface area contributed by atoms with E-state index in [1.807, 2.05) is 0 Å². The molecule has 0 atom stereocenters. The number of fused-ring (bicyclic) bond motifs is 1. The first-order valence-corrected chi connectivity index (χ1v) is 7.96. The van der Waals surface area contributed by atoms with Crippen LogP contribution in [-0.4, -0.2) is 53.0 Å². The highest BCUT2D eigenvalue weighted by Crippen LogP contribution is 2.33. The van der Waals surface area contributed by atoms with Gasteiger partial charge < -0.3 is 19.7 Å². The molecule has 25 heavy (non-hydrogen) atoms. The number of anilines is 1. The predicted octanol–water partition coefficient (Wildman–Crippen LogP) is 0.958. The summed E-state index contributed by atoms with van der Waals surface area (Å²) >= 11 is 0. The highest BCUT2D eigenvalue weighted by atomic mass is 16.6. The van der Waals surface area contributed by atoms with Gasteiger partial charge >= 0.3 is 0 Å². The zero-order valence-electron chi connectivity index (χ0n) is 13.3. The van der Waals surface area contributed by atoms with Gasteiger partial charge in [-0.3, -0.25) is 14.6 Å². The molecule has 8 heteroatoms. The quantitative estimate of drug-likeness (QED) is 0.894. The molecule has 128 valence electrons. The molecule has 1 N–H and O–H groups in total. The number of hydrogen-bond donors (Lipinski definition) is 1. The van der Waals surface area contributed by atoms with E-state index in [1.165, 1.54) is 18.6 Å². The molecule has 4 rings (SSSR count). The van der Waals surface area contributed by atoms with Gasteiger partial charge in [-0.15, -0.1) is 0 Å². The largest absolute Gasteiger partial charge is 0.486 e. The molecule has 1 fully saturated rings. The number of ether oxygens (including phenoxy) is 2. The Morgan fingerprint density at radius 3 is 2.68 bits per heavy atom. The molecule has 0 aliphatic carbocycles. The van der Waals surface area contributed by atoms with E-state index in [4.69, 9.17) is 9.47 Å². The van der Waals surface area contributed by atoms with E-state index in [2.05, 4.69) is 15.3 Å². The summed E-state index contributed by atoms with van der Waals surface area (Å²) in [6.45, 7) is 1.75. The number of hydrogen-bond acceptors (Lipinski definition) is 6. The van der Waals surface area contributed by atoms with Crippen molar-refractivity contribution in [2.45, 2.75) is 0 Å². The molecule has 1 aromatic carbocycles. The molecule has 2 aliphatic rings. The summed E-state index contributed by atoms with van der Waals surface area (Å²) in [6.07, 6.45) is 4.40. The standard InChI is InChI=1S/C17H16N4O4/c22-16(20-12-1-2-14-15(7-12)25-6-5-24-14)11-9-21(10-11)17(23)13-8-18-3-4-19-13/h1-4,7-8,11H,5-6,9-10H2,(H,20,22).